The van der Waals surface area contributed by atoms with Gasteiger partial charge in [-0.2, -0.15) is 0 Å². The van der Waals surface area contributed by atoms with Crippen molar-refractivity contribution in [2.45, 2.75) is 20.3 Å². The molecule has 0 fully saturated rings. The maximum atomic E-state index is 13.1. The molecule has 33 heavy (non-hydrogen) atoms. The second-order valence-corrected chi connectivity index (χ2v) is 7.67. The van der Waals surface area contributed by atoms with E-state index in [0.717, 1.165) is 0 Å². The van der Waals surface area contributed by atoms with E-state index in [1.54, 1.807) is 49.1 Å². The molecule has 0 unspecified atom stereocenters. The third kappa shape index (κ3) is 7.37. The van der Waals surface area contributed by atoms with E-state index in [-0.39, 0.29) is 30.4 Å². The number of carbonyl (C=O) groups is 3. The first-order valence-corrected chi connectivity index (χ1v) is 10.8. The zero-order chi connectivity index (χ0) is 24.4. The van der Waals surface area contributed by atoms with Crippen LogP contribution in [0.5, 0.6) is 5.75 Å². The summed E-state index contributed by atoms with van der Waals surface area (Å²) in [6.45, 7) is 5.23. The van der Waals surface area contributed by atoms with Gasteiger partial charge < -0.3 is 25.0 Å². The molecule has 0 aliphatic carbocycles. The van der Waals surface area contributed by atoms with Crippen molar-refractivity contribution in [2.24, 2.45) is 5.73 Å². The molecule has 2 aromatic rings. The quantitative estimate of drug-likeness (QED) is 0.401. The number of likely N-dealkylation sites (N-methyl/N-ethyl adjacent to an activating group) is 1. The number of benzene rings is 1. The maximum Gasteiger partial charge on any atom is 0.343 e. The minimum Gasteiger partial charge on any atom is -0.462 e. The smallest absolute Gasteiger partial charge is 0.343 e. The number of hydrogen-bond donors (Lipinski definition) is 1. The normalized spacial score (nSPS) is 10.7. The van der Waals surface area contributed by atoms with Crippen molar-refractivity contribution in [3.8, 4) is 5.75 Å². The molecule has 1 aromatic heterocycles. The summed E-state index contributed by atoms with van der Waals surface area (Å²) in [5.41, 5.74) is 7.41. The summed E-state index contributed by atoms with van der Waals surface area (Å²) in [6.07, 6.45) is 1.93. The van der Waals surface area contributed by atoms with Crippen molar-refractivity contribution >= 4 is 17.8 Å². The zero-order valence-electron chi connectivity index (χ0n) is 19.7. The Hall–Kier alpha value is -3.30. The van der Waals surface area contributed by atoms with Gasteiger partial charge in [-0.25, -0.2) is 9.59 Å². The van der Waals surface area contributed by atoms with E-state index in [9.17, 15) is 14.4 Å². The average molecular weight is 457 g/mol. The van der Waals surface area contributed by atoms with Crippen molar-refractivity contribution in [2.75, 3.05) is 46.9 Å². The second-order valence-electron chi connectivity index (χ2n) is 7.67. The Balaban J connectivity index is 2.24. The number of nitrogens with two attached hydrogens (primary N) is 1. The fourth-order valence-corrected chi connectivity index (χ4v) is 3.25. The van der Waals surface area contributed by atoms with Gasteiger partial charge in [-0.1, -0.05) is 12.1 Å². The van der Waals surface area contributed by atoms with Gasteiger partial charge in [0.15, 0.2) is 0 Å². The van der Waals surface area contributed by atoms with Crippen LogP contribution < -0.4 is 10.5 Å². The molecule has 1 aromatic carbocycles. The van der Waals surface area contributed by atoms with Crippen LogP contribution in [0.4, 0.5) is 0 Å². The van der Waals surface area contributed by atoms with Gasteiger partial charge in [0, 0.05) is 31.5 Å². The Morgan fingerprint density at radius 3 is 2.39 bits per heavy atom. The molecule has 0 bridgehead atoms. The molecule has 0 saturated heterocycles. The van der Waals surface area contributed by atoms with Crippen molar-refractivity contribution < 1.29 is 23.9 Å². The number of para-hydroxylation sites is 1. The molecule has 2 rings (SSSR count). The van der Waals surface area contributed by atoms with Crippen LogP contribution in [0.25, 0.3) is 0 Å². The molecule has 2 N–H and O–H groups in total. The summed E-state index contributed by atoms with van der Waals surface area (Å²) in [5.74, 6) is -1.22. The Labute approximate surface area is 194 Å². The molecule has 178 valence electrons. The Morgan fingerprint density at radius 1 is 1.00 bits per heavy atom. The van der Waals surface area contributed by atoms with Crippen LogP contribution in [0.15, 0.2) is 36.5 Å². The lowest BCUT2D eigenvalue weighted by molar-refractivity contribution is -0.129. The molecule has 9 nitrogen and oxygen atoms in total. The first-order chi connectivity index (χ1) is 15.8. The highest BCUT2D eigenvalue weighted by molar-refractivity contribution is 5.97. The van der Waals surface area contributed by atoms with Crippen LogP contribution >= 0.6 is 0 Å². The first kappa shape index (κ1) is 26.0. The standard InChI is InChI=1S/C24H32N4O5/c1-5-32-23(30)20-8-6-7-9-21(20)33-24(31)19-10-12-26-17(2)18(19)11-13-28(22(29)16-25)15-14-27(3)4/h6-10,12H,5,11,13-16,25H2,1-4H3. The molecule has 1 amide bonds. The van der Waals surface area contributed by atoms with Gasteiger partial charge in [0.25, 0.3) is 0 Å². The Morgan fingerprint density at radius 2 is 1.73 bits per heavy atom. The SMILES string of the molecule is CCOC(=O)c1ccccc1OC(=O)c1ccnc(C)c1CCN(CCN(C)C)C(=O)CN. The predicted octanol–water partition coefficient (Wildman–Crippen LogP) is 1.68. The highest BCUT2D eigenvalue weighted by Crippen LogP contribution is 2.22. The lowest BCUT2D eigenvalue weighted by atomic mass is 10.0. The largest absolute Gasteiger partial charge is 0.462 e. The number of rotatable bonds is 11. The molecular formula is C24H32N4O5. The summed E-state index contributed by atoms with van der Waals surface area (Å²) < 4.78 is 10.6. The molecule has 0 aliphatic heterocycles. The summed E-state index contributed by atoms with van der Waals surface area (Å²) >= 11 is 0. The summed E-state index contributed by atoms with van der Waals surface area (Å²) in [5, 5.41) is 0. The maximum absolute atomic E-state index is 13.1. The van der Waals surface area contributed by atoms with Crippen LogP contribution in [0, 0.1) is 6.92 Å². The number of ether oxygens (including phenoxy) is 2. The number of aryl methyl sites for hydroxylation is 1. The molecule has 9 heteroatoms. The number of nitrogens with zero attached hydrogens (tertiary/aromatic N) is 3. The van der Waals surface area contributed by atoms with Crippen molar-refractivity contribution in [3.63, 3.8) is 0 Å². The summed E-state index contributed by atoms with van der Waals surface area (Å²) in [7, 11) is 3.86. The monoisotopic (exact) mass is 456 g/mol. The fraction of sp³-hybridized carbons (Fsp3) is 0.417. The van der Waals surface area contributed by atoms with Gasteiger partial charge in [-0.05, 0) is 58.1 Å². The number of amides is 1. The highest BCUT2D eigenvalue weighted by atomic mass is 16.5. The lowest BCUT2D eigenvalue weighted by Gasteiger charge is -2.24. The summed E-state index contributed by atoms with van der Waals surface area (Å²) in [6, 6.07) is 8.00. The predicted molar refractivity (Wildman–Crippen MR) is 124 cm³/mol. The molecule has 1 heterocycles. The van der Waals surface area contributed by atoms with E-state index in [1.807, 2.05) is 19.0 Å². The molecular weight excluding hydrogens is 424 g/mol. The van der Waals surface area contributed by atoms with E-state index >= 15 is 0 Å². The number of hydrogen-bond acceptors (Lipinski definition) is 8. The molecule has 0 spiro atoms. The van der Waals surface area contributed by atoms with Gasteiger partial charge in [0.05, 0.1) is 18.7 Å². The van der Waals surface area contributed by atoms with Crippen LogP contribution in [0.3, 0.4) is 0 Å². The average Bonchev–Trinajstić information content (AvgIpc) is 2.79. The minimum absolute atomic E-state index is 0.0843. The van der Waals surface area contributed by atoms with Crippen molar-refractivity contribution in [3.05, 3.63) is 58.9 Å². The molecule has 0 atom stereocenters. The first-order valence-electron chi connectivity index (χ1n) is 10.8. The number of aromatic nitrogens is 1. The van der Waals surface area contributed by atoms with E-state index in [0.29, 0.717) is 42.9 Å². The van der Waals surface area contributed by atoms with Crippen LogP contribution in [-0.2, 0) is 16.0 Å². The van der Waals surface area contributed by atoms with Gasteiger partial charge >= 0.3 is 11.9 Å². The minimum atomic E-state index is -0.614. The van der Waals surface area contributed by atoms with Gasteiger partial charge in [-0.15, -0.1) is 0 Å². The lowest BCUT2D eigenvalue weighted by Crippen LogP contribution is -2.41. The fourth-order valence-electron chi connectivity index (χ4n) is 3.25. The van der Waals surface area contributed by atoms with E-state index in [4.69, 9.17) is 15.2 Å². The Kier molecular flexibility index (Phi) is 9.96. The van der Waals surface area contributed by atoms with Gasteiger partial charge in [0.1, 0.15) is 11.3 Å². The molecule has 0 aliphatic rings. The molecule has 0 saturated carbocycles. The van der Waals surface area contributed by atoms with E-state index in [2.05, 4.69) is 4.98 Å². The topological polar surface area (TPSA) is 115 Å². The van der Waals surface area contributed by atoms with Gasteiger partial charge in [-0.3, -0.25) is 9.78 Å². The van der Waals surface area contributed by atoms with Crippen LogP contribution in [0.1, 0.15) is 38.9 Å². The Bertz CT molecular complexity index is 977. The van der Waals surface area contributed by atoms with Gasteiger partial charge in [0.2, 0.25) is 5.91 Å². The molecule has 0 radical (unpaired) electrons. The van der Waals surface area contributed by atoms with Crippen molar-refractivity contribution in [1.29, 1.82) is 0 Å². The zero-order valence-corrected chi connectivity index (χ0v) is 19.7. The summed E-state index contributed by atoms with van der Waals surface area (Å²) in [4.78, 5) is 45.5. The van der Waals surface area contributed by atoms with Crippen LogP contribution in [0.2, 0.25) is 0 Å². The van der Waals surface area contributed by atoms with Crippen LogP contribution in [-0.4, -0.2) is 79.5 Å². The number of pyridine rings is 1. The second kappa shape index (κ2) is 12.7. The number of carbonyl (C=O) groups excluding carboxylic acids is 3. The van der Waals surface area contributed by atoms with Crippen molar-refractivity contribution in [1.82, 2.24) is 14.8 Å². The third-order valence-electron chi connectivity index (χ3n) is 5.05. The highest BCUT2D eigenvalue weighted by Gasteiger charge is 2.21. The number of esters is 2. The third-order valence-corrected chi connectivity index (χ3v) is 5.05. The van der Waals surface area contributed by atoms with E-state index in [1.165, 1.54) is 6.20 Å². The van der Waals surface area contributed by atoms with E-state index < -0.39 is 11.9 Å².